The highest BCUT2D eigenvalue weighted by Gasteiger charge is 2.12. The lowest BCUT2D eigenvalue weighted by atomic mass is 10.3. The van der Waals surface area contributed by atoms with Gasteiger partial charge in [-0.25, -0.2) is 8.42 Å². The largest absolute Gasteiger partial charge is 0.491 e. The van der Waals surface area contributed by atoms with Crippen molar-refractivity contribution in [1.29, 1.82) is 0 Å². The zero-order valence-electron chi connectivity index (χ0n) is 8.51. The summed E-state index contributed by atoms with van der Waals surface area (Å²) in [5.74, 6) is 0.579. The summed E-state index contributed by atoms with van der Waals surface area (Å²) in [4.78, 5) is 10.3. The minimum atomic E-state index is -3.78. The molecule has 0 aliphatic rings. The Morgan fingerprint density at radius 1 is 1.20 bits per heavy atom. The molecule has 0 aromatic heterocycles. The maximum absolute atomic E-state index is 11.1. The van der Waals surface area contributed by atoms with E-state index in [1.165, 1.54) is 24.3 Å². The predicted octanol–water partition coefficient (Wildman–Crippen LogP) is 1.44. The smallest absolute Gasteiger partial charge is 0.238 e. The van der Waals surface area contributed by atoms with Crippen molar-refractivity contribution in [1.82, 2.24) is 0 Å². The van der Waals surface area contributed by atoms with Crippen molar-refractivity contribution >= 4 is 15.5 Å². The third-order valence-electron chi connectivity index (χ3n) is 1.65. The molecule has 0 N–H and O–H groups in total. The zero-order chi connectivity index (χ0) is 11.5. The quantitative estimate of drug-likeness (QED) is 0.731. The van der Waals surface area contributed by atoms with E-state index in [0.717, 1.165) is 0 Å². The van der Waals surface area contributed by atoms with E-state index >= 15 is 0 Å². The van der Waals surface area contributed by atoms with Crippen LogP contribution < -0.4 is 4.74 Å². The second kappa shape index (κ2) is 4.44. The number of carbonyl (C=O) groups excluding carboxylic acids is 1. The molecule has 1 rings (SSSR count). The van der Waals surface area contributed by atoms with Crippen LogP contribution in [0.15, 0.2) is 29.2 Å². The van der Waals surface area contributed by atoms with E-state index < -0.39 is 9.84 Å². The molecule has 0 heterocycles. The molecular weight excluding hydrogens is 216 g/mol. The Balaban J connectivity index is 2.95. The first-order chi connectivity index (χ1) is 6.95. The molecule has 0 spiro atoms. The van der Waals surface area contributed by atoms with Gasteiger partial charge in [0.25, 0.3) is 0 Å². The number of hydrogen-bond acceptors (Lipinski definition) is 4. The standard InChI is InChI=1S/C10H12O4S/c1-8(2)14-9-3-5-10(6-4-9)15(12,13)7-11/h3-8H,1-2H3. The van der Waals surface area contributed by atoms with Gasteiger partial charge in [0.15, 0.2) is 0 Å². The first-order valence-corrected chi connectivity index (χ1v) is 5.97. The van der Waals surface area contributed by atoms with Crippen molar-refractivity contribution in [3.63, 3.8) is 0 Å². The molecule has 1 aromatic rings. The minimum absolute atomic E-state index is 0.0198. The van der Waals surface area contributed by atoms with Crippen LogP contribution in [0.2, 0.25) is 0 Å². The van der Waals surface area contributed by atoms with Crippen LogP contribution in [0.4, 0.5) is 0 Å². The van der Waals surface area contributed by atoms with Gasteiger partial charge in [-0.15, -0.1) is 0 Å². The van der Waals surface area contributed by atoms with Gasteiger partial charge >= 0.3 is 0 Å². The van der Waals surface area contributed by atoms with E-state index in [2.05, 4.69) is 0 Å². The van der Waals surface area contributed by atoms with Gasteiger partial charge in [-0.3, -0.25) is 4.79 Å². The van der Waals surface area contributed by atoms with Crippen molar-refractivity contribution in [2.75, 3.05) is 0 Å². The topological polar surface area (TPSA) is 60.4 Å². The molecule has 0 unspecified atom stereocenters. The Kier molecular flexibility index (Phi) is 3.47. The fourth-order valence-electron chi connectivity index (χ4n) is 1.04. The number of carbonyl (C=O) groups is 1. The van der Waals surface area contributed by atoms with Crippen molar-refractivity contribution < 1.29 is 17.9 Å². The SMILES string of the molecule is CC(C)Oc1ccc(S(=O)(=O)C=O)cc1. The average molecular weight is 228 g/mol. The van der Waals surface area contributed by atoms with Crippen LogP contribution in [-0.4, -0.2) is 20.1 Å². The highest BCUT2D eigenvalue weighted by atomic mass is 32.2. The molecule has 0 saturated heterocycles. The molecule has 0 saturated carbocycles. The van der Waals surface area contributed by atoms with E-state index in [1.807, 2.05) is 13.8 Å². The molecule has 15 heavy (non-hydrogen) atoms. The average Bonchev–Trinajstić information content (AvgIpc) is 2.18. The molecule has 4 nitrogen and oxygen atoms in total. The van der Waals surface area contributed by atoms with Crippen molar-refractivity contribution in [3.05, 3.63) is 24.3 Å². The summed E-state index contributed by atoms with van der Waals surface area (Å²) in [6.45, 7) is 3.74. The van der Waals surface area contributed by atoms with Crippen LogP contribution in [-0.2, 0) is 14.6 Å². The van der Waals surface area contributed by atoms with E-state index in [1.54, 1.807) is 0 Å². The lowest BCUT2D eigenvalue weighted by Crippen LogP contribution is -2.06. The molecule has 0 aliphatic heterocycles. The van der Waals surface area contributed by atoms with Gasteiger partial charge in [-0.1, -0.05) is 0 Å². The van der Waals surface area contributed by atoms with Gasteiger partial charge in [0.2, 0.25) is 15.5 Å². The molecule has 0 bridgehead atoms. The molecule has 0 aliphatic carbocycles. The second-order valence-corrected chi connectivity index (χ2v) is 5.03. The highest BCUT2D eigenvalue weighted by molar-refractivity contribution is 8.04. The van der Waals surface area contributed by atoms with Gasteiger partial charge in [0.05, 0.1) is 11.0 Å². The van der Waals surface area contributed by atoms with Gasteiger partial charge < -0.3 is 4.74 Å². The van der Waals surface area contributed by atoms with Crippen LogP contribution in [0.3, 0.4) is 0 Å². The second-order valence-electron chi connectivity index (χ2n) is 3.28. The van der Waals surface area contributed by atoms with Crippen molar-refractivity contribution in [2.24, 2.45) is 0 Å². The number of sulfone groups is 1. The third kappa shape index (κ3) is 3.06. The maximum Gasteiger partial charge on any atom is 0.238 e. The normalized spacial score (nSPS) is 11.4. The highest BCUT2D eigenvalue weighted by Crippen LogP contribution is 2.16. The van der Waals surface area contributed by atoms with Gasteiger partial charge in [0, 0.05) is 0 Å². The van der Waals surface area contributed by atoms with Gasteiger partial charge in [-0.2, -0.15) is 0 Å². The van der Waals surface area contributed by atoms with Crippen LogP contribution >= 0.6 is 0 Å². The van der Waals surface area contributed by atoms with Crippen molar-refractivity contribution in [2.45, 2.75) is 24.8 Å². The predicted molar refractivity (Wildman–Crippen MR) is 56.1 cm³/mol. The van der Waals surface area contributed by atoms with E-state index in [4.69, 9.17) is 4.74 Å². The van der Waals surface area contributed by atoms with Gasteiger partial charge in [0.1, 0.15) is 5.75 Å². The van der Waals surface area contributed by atoms with Crippen LogP contribution in [0, 0.1) is 0 Å². The van der Waals surface area contributed by atoms with Crippen LogP contribution in [0.25, 0.3) is 0 Å². The van der Waals surface area contributed by atoms with E-state index in [-0.39, 0.29) is 16.6 Å². The number of benzene rings is 1. The monoisotopic (exact) mass is 228 g/mol. The lowest BCUT2D eigenvalue weighted by molar-refractivity contribution is 0.242. The Bertz CT molecular complexity index is 431. The van der Waals surface area contributed by atoms with E-state index in [0.29, 0.717) is 5.75 Å². The number of hydrogen-bond donors (Lipinski definition) is 0. The molecule has 5 heteroatoms. The summed E-state index contributed by atoms with van der Waals surface area (Å²) in [6, 6.07) is 5.75. The molecule has 0 fully saturated rings. The zero-order valence-corrected chi connectivity index (χ0v) is 9.32. The van der Waals surface area contributed by atoms with Gasteiger partial charge in [-0.05, 0) is 38.1 Å². The number of rotatable bonds is 4. The molecule has 82 valence electrons. The summed E-state index contributed by atoms with van der Waals surface area (Å²) >= 11 is 0. The summed E-state index contributed by atoms with van der Waals surface area (Å²) in [5.41, 5.74) is -0.0642. The Hall–Kier alpha value is -1.36. The Morgan fingerprint density at radius 2 is 1.73 bits per heavy atom. The first kappa shape index (κ1) is 11.7. The molecule has 0 amide bonds. The maximum atomic E-state index is 11.1. The number of ether oxygens (including phenoxy) is 1. The Morgan fingerprint density at radius 3 is 2.13 bits per heavy atom. The molecular formula is C10H12O4S. The molecule has 0 radical (unpaired) electrons. The molecule has 1 aromatic carbocycles. The summed E-state index contributed by atoms with van der Waals surface area (Å²) in [5, 5.41) is 0. The fourth-order valence-corrected chi connectivity index (χ4v) is 1.66. The van der Waals surface area contributed by atoms with Crippen LogP contribution in [0.1, 0.15) is 13.8 Å². The molecule has 0 atom stereocenters. The minimum Gasteiger partial charge on any atom is -0.491 e. The van der Waals surface area contributed by atoms with Crippen LogP contribution in [0.5, 0.6) is 5.75 Å². The third-order valence-corrected chi connectivity index (χ3v) is 2.83. The summed E-state index contributed by atoms with van der Waals surface area (Å²) in [6.07, 6.45) is 0.0264. The Labute approximate surface area is 88.8 Å². The fraction of sp³-hybridized carbons (Fsp3) is 0.300. The lowest BCUT2D eigenvalue weighted by Gasteiger charge is -2.09. The first-order valence-electron chi connectivity index (χ1n) is 4.42. The summed E-state index contributed by atoms with van der Waals surface area (Å²) < 4.78 is 27.6. The summed E-state index contributed by atoms with van der Waals surface area (Å²) in [7, 11) is -3.78. The van der Waals surface area contributed by atoms with Crippen molar-refractivity contribution in [3.8, 4) is 5.75 Å². The van der Waals surface area contributed by atoms with E-state index in [9.17, 15) is 13.2 Å².